The molecule has 86 valence electrons. The molecule has 2 aliphatic rings. The topological polar surface area (TPSA) is 18.5 Å². The minimum Gasteiger partial charge on any atom is -0.403 e. The number of rotatable bonds is 2. The molecule has 2 nitrogen and oxygen atoms in total. The summed E-state index contributed by atoms with van der Waals surface area (Å²) in [4.78, 5) is 0. The lowest BCUT2D eigenvalue weighted by atomic mass is 9.84. The Morgan fingerprint density at radius 2 is 1.56 bits per heavy atom. The minimum atomic E-state index is -0.225. The van der Waals surface area contributed by atoms with Crippen molar-refractivity contribution < 1.29 is 9.31 Å². The van der Waals surface area contributed by atoms with E-state index in [0.29, 0.717) is 0 Å². The van der Waals surface area contributed by atoms with Crippen molar-refractivity contribution in [1.82, 2.24) is 0 Å². The van der Waals surface area contributed by atoms with Crippen LogP contribution in [0, 0.1) is 0 Å². The molecule has 1 saturated heterocycles. The predicted molar refractivity (Wildman–Crippen MR) is 67.3 cm³/mol. The van der Waals surface area contributed by atoms with Crippen LogP contribution in [0.15, 0.2) is 36.0 Å². The lowest BCUT2D eigenvalue weighted by Gasteiger charge is -2.32. The first-order chi connectivity index (χ1) is 7.41. The molecule has 0 aromatic carbocycles. The minimum absolute atomic E-state index is 0.125. The van der Waals surface area contributed by atoms with Gasteiger partial charge < -0.3 is 9.31 Å². The van der Waals surface area contributed by atoms with Gasteiger partial charge in [0.25, 0.3) is 0 Å². The molecule has 0 unspecified atom stereocenters. The van der Waals surface area contributed by atoms with E-state index in [9.17, 15) is 0 Å². The summed E-state index contributed by atoms with van der Waals surface area (Å²) in [6, 6.07) is 0. The maximum Gasteiger partial charge on any atom is 0.461 e. The van der Waals surface area contributed by atoms with Crippen molar-refractivity contribution in [3.63, 3.8) is 0 Å². The van der Waals surface area contributed by atoms with E-state index < -0.39 is 0 Å². The average molecular weight is 218 g/mol. The van der Waals surface area contributed by atoms with E-state index in [1.54, 1.807) is 0 Å². The first-order valence-electron chi connectivity index (χ1n) is 5.81. The van der Waals surface area contributed by atoms with E-state index in [4.69, 9.17) is 9.31 Å². The monoisotopic (exact) mass is 218 g/mol. The van der Waals surface area contributed by atoms with Crippen molar-refractivity contribution in [1.29, 1.82) is 0 Å². The van der Waals surface area contributed by atoms with Crippen molar-refractivity contribution in [2.75, 3.05) is 0 Å². The van der Waals surface area contributed by atoms with E-state index in [1.165, 1.54) is 5.57 Å². The molecular formula is C13H19BO2. The highest BCUT2D eigenvalue weighted by molar-refractivity contribution is 6.46. The Kier molecular flexibility index (Phi) is 2.85. The normalized spacial score (nSPS) is 25.5. The molecule has 0 radical (unpaired) electrons. The second-order valence-electron chi connectivity index (χ2n) is 5.34. The van der Waals surface area contributed by atoms with Crippen LogP contribution in [0.25, 0.3) is 0 Å². The maximum absolute atomic E-state index is 5.91. The molecule has 0 spiro atoms. The summed E-state index contributed by atoms with van der Waals surface area (Å²) in [5, 5.41) is 0. The standard InChI is InChI=1S/C13H19BO2/c1-12(2)13(3,4)16-14(15-12)10-9-11-7-5-6-8-11/h5-9H,10H2,1-4H3. The van der Waals surface area contributed by atoms with Gasteiger partial charge in [-0.2, -0.15) is 0 Å². The SMILES string of the molecule is CC1(C)OB(CC=C2C=CC=C2)OC1(C)C. The van der Waals surface area contributed by atoms with Crippen LogP contribution in [0.2, 0.25) is 6.32 Å². The molecule has 1 aliphatic carbocycles. The number of hydrogen-bond acceptors (Lipinski definition) is 2. The lowest BCUT2D eigenvalue weighted by Crippen LogP contribution is -2.41. The highest BCUT2D eigenvalue weighted by Crippen LogP contribution is 2.37. The smallest absolute Gasteiger partial charge is 0.403 e. The molecule has 0 N–H and O–H groups in total. The van der Waals surface area contributed by atoms with Crippen LogP contribution in [-0.2, 0) is 9.31 Å². The number of hydrogen-bond donors (Lipinski definition) is 0. The Balaban J connectivity index is 1.97. The van der Waals surface area contributed by atoms with Crippen molar-refractivity contribution in [3.8, 4) is 0 Å². The fourth-order valence-electron chi connectivity index (χ4n) is 1.82. The molecule has 2 rings (SSSR count). The third-order valence-corrected chi connectivity index (χ3v) is 3.54. The van der Waals surface area contributed by atoms with Crippen LogP contribution in [-0.4, -0.2) is 18.3 Å². The van der Waals surface area contributed by atoms with Crippen molar-refractivity contribution in [2.24, 2.45) is 0 Å². The van der Waals surface area contributed by atoms with Gasteiger partial charge in [-0.1, -0.05) is 30.4 Å². The van der Waals surface area contributed by atoms with Crippen LogP contribution < -0.4 is 0 Å². The fraction of sp³-hybridized carbons (Fsp3) is 0.538. The first kappa shape index (κ1) is 11.7. The Morgan fingerprint density at radius 1 is 1.06 bits per heavy atom. The zero-order valence-electron chi connectivity index (χ0n) is 10.5. The van der Waals surface area contributed by atoms with Gasteiger partial charge in [-0.25, -0.2) is 0 Å². The Hall–Kier alpha value is -0.795. The Morgan fingerprint density at radius 3 is 2.06 bits per heavy atom. The van der Waals surface area contributed by atoms with Crippen LogP contribution in [0.3, 0.4) is 0 Å². The third kappa shape index (κ3) is 2.16. The molecular weight excluding hydrogens is 199 g/mol. The summed E-state index contributed by atoms with van der Waals surface area (Å²) in [7, 11) is -0.125. The second-order valence-corrected chi connectivity index (χ2v) is 5.34. The second kappa shape index (κ2) is 3.90. The zero-order valence-corrected chi connectivity index (χ0v) is 10.5. The average Bonchev–Trinajstić information content (AvgIpc) is 2.70. The van der Waals surface area contributed by atoms with E-state index >= 15 is 0 Å². The molecule has 0 bridgehead atoms. The number of allylic oxidation sites excluding steroid dienone is 6. The van der Waals surface area contributed by atoms with Gasteiger partial charge in [0, 0.05) is 6.32 Å². The molecule has 0 amide bonds. The molecule has 1 aliphatic heterocycles. The van der Waals surface area contributed by atoms with Gasteiger partial charge in [0.2, 0.25) is 0 Å². The van der Waals surface area contributed by atoms with Gasteiger partial charge in [-0.05, 0) is 33.3 Å². The quantitative estimate of drug-likeness (QED) is 0.663. The molecule has 3 heteroatoms. The summed E-state index contributed by atoms with van der Waals surface area (Å²) in [5.74, 6) is 0. The van der Waals surface area contributed by atoms with Crippen LogP contribution in [0.4, 0.5) is 0 Å². The van der Waals surface area contributed by atoms with Crippen molar-refractivity contribution in [3.05, 3.63) is 36.0 Å². The van der Waals surface area contributed by atoms with Gasteiger partial charge in [-0.3, -0.25) is 0 Å². The van der Waals surface area contributed by atoms with Gasteiger partial charge in [0.1, 0.15) is 0 Å². The Labute approximate surface area is 98.2 Å². The van der Waals surface area contributed by atoms with Crippen molar-refractivity contribution >= 4 is 7.12 Å². The molecule has 16 heavy (non-hydrogen) atoms. The van der Waals surface area contributed by atoms with E-state index in [0.717, 1.165) is 6.32 Å². The summed E-state index contributed by atoms with van der Waals surface area (Å²) in [6.45, 7) is 8.32. The van der Waals surface area contributed by atoms with Crippen LogP contribution in [0.5, 0.6) is 0 Å². The summed E-state index contributed by atoms with van der Waals surface area (Å²) in [6.07, 6.45) is 11.2. The molecule has 0 aromatic rings. The molecule has 0 saturated carbocycles. The third-order valence-electron chi connectivity index (χ3n) is 3.54. The lowest BCUT2D eigenvalue weighted by molar-refractivity contribution is 0.00578. The zero-order chi connectivity index (χ0) is 11.8. The predicted octanol–water partition coefficient (Wildman–Crippen LogP) is 3.13. The highest BCUT2D eigenvalue weighted by Gasteiger charge is 2.50. The highest BCUT2D eigenvalue weighted by atomic mass is 16.7. The van der Waals surface area contributed by atoms with Gasteiger partial charge in [0.05, 0.1) is 11.2 Å². The molecule has 1 heterocycles. The van der Waals surface area contributed by atoms with Crippen LogP contribution in [0.1, 0.15) is 27.7 Å². The Bertz CT molecular complexity index is 334. The summed E-state index contributed by atoms with van der Waals surface area (Å²) < 4.78 is 11.8. The molecule has 0 atom stereocenters. The van der Waals surface area contributed by atoms with E-state index in [-0.39, 0.29) is 18.3 Å². The summed E-state index contributed by atoms with van der Waals surface area (Å²) in [5.41, 5.74) is 0.782. The van der Waals surface area contributed by atoms with Gasteiger partial charge >= 0.3 is 7.12 Å². The van der Waals surface area contributed by atoms with Crippen molar-refractivity contribution in [2.45, 2.75) is 45.2 Å². The largest absolute Gasteiger partial charge is 0.461 e. The van der Waals surface area contributed by atoms with E-state index in [2.05, 4.69) is 45.9 Å². The summed E-state index contributed by atoms with van der Waals surface area (Å²) >= 11 is 0. The fourth-order valence-corrected chi connectivity index (χ4v) is 1.82. The van der Waals surface area contributed by atoms with Gasteiger partial charge in [0.15, 0.2) is 0 Å². The maximum atomic E-state index is 5.91. The van der Waals surface area contributed by atoms with E-state index in [1.807, 2.05) is 12.2 Å². The molecule has 1 fully saturated rings. The van der Waals surface area contributed by atoms with Gasteiger partial charge in [-0.15, -0.1) is 0 Å². The molecule has 0 aromatic heterocycles. The first-order valence-corrected chi connectivity index (χ1v) is 5.81. The van der Waals surface area contributed by atoms with Crippen LogP contribution >= 0.6 is 0 Å².